The molecule has 1 aromatic heterocycles. The summed E-state index contributed by atoms with van der Waals surface area (Å²) in [5.74, 6) is 0. The highest BCUT2D eigenvalue weighted by atomic mass is 15.0. The van der Waals surface area contributed by atoms with Crippen molar-refractivity contribution >= 4 is 27.8 Å². The minimum atomic E-state index is 0.0975. The molecule has 3 heteroatoms. The molecule has 0 unspecified atom stereocenters. The molecule has 1 heterocycles. The molecule has 3 nitrogen and oxygen atoms in total. The van der Waals surface area contributed by atoms with Gasteiger partial charge in [-0.25, -0.2) is 0 Å². The van der Waals surface area contributed by atoms with Crippen LogP contribution in [0.15, 0.2) is 78.4 Å². The van der Waals surface area contributed by atoms with Gasteiger partial charge in [0.25, 0.3) is 0 Å². The number of rotatable bonds is 3. The number of aromatic nitrogens is 1. The summed E-state index contributed by atoms with van der Waals surface area (Å²) in [6.07, 6.45) is 3.47. The van der Waals surface area contributed by atoms with Crippen LogP contribution in [-0.2, 0) is 6.54 Å². The largest absolute Gasteiger partial charge is 0.336 e. The van der Waals surface area contributed by atoms with Gasteiger partial charge >= 0.3 is 0 Å². The topological polar surface area (TPSA) is 52.5 Å². The summed E-state index contributed by atoms with van der Waals surface area (Å²) in [4.78, 5) is 0. The molecule has 0 spiro atoms. The molecule has 0 amide bonds. The Morgan fingerprint density at radius 1 is 0.885 bits per heavy atom. The van der Waals surface area contributed by atoms with Gasteiger partial charge in [0.2, 0.25) is 0 Å². The standard InChI is InChI=1S/C23H15N3/c24-14-18(15-25)12-13-21-20-10-4-8-19-9-5-11-22(23(19)20)26(21)16-17-6-2-1-3-7-17/h1-13H,16H2/b21-13+. The Bertz CT molecular complexity index is 1240. The molecule has 26 heavy (non-hydrogen) atoms. The van der Waals surface area contributed by atoms with Gasteiger partial charge in [0.05, 0.1) is 5.52 Å². The fraction of sp³-hybridized carbons (Fsp3) is 0.0435. The van der Waals surface area contributed by atoms with Crippen LogP contribution in [-0.4, -0.2) is 4.57 Å². The Morgan fingerprint density at radius 2 is 1.62 bits per heavy atom. The SMILES string of the molecule is N#CC(C#N)=C/C=c1\c2cccc3cccc(c32)n1Cc1ccccc1. The van der Waals surface area contributed by atoms with Gasteiger partial charge in [-0.15, -0.1) is 0 Å². The first-order valence-electron chi connectivity index (χ1n) is 8.37. The van der Waals surface area contributed by atoms with Gasteiger partial charge in [0.15, 0.2) is 0 Å². The second-order valence-electron chi connectivity index (χ2n) is 6.11. The van der Waals surface area contributed by atoms with Crippen LogP contribution >= 0.6 is 0 Å². The quantitative estimate of drug-likeness (QED) is 0.524. The molecule has 4 rings (SSSR count). The molecule has 3 aromatic carbocycles. The maximum Gasteiger partial charge on any atom is 0.129 e. The molecule has 122 valence electrons. The Labute approximate surface area is 151 Å². The molecule has 0 bridgehead atoms. The zero-order chi connectivity index (χ0) is 17.9. The monoisotopic (exact) mass is 333 g/mol. The number of hydrogen-bond donors (Lipinski definition) is 0. The molecule has 0 aliphatic heterocycles. The number of allylic oxidation sites excluding steroid dienone is 2. The van der Waals surface area contributed by atoms with E-state index in [0.717, 1.165) is 22.8 Å². The van der Waals surface area contributed by atoms with E-state index in [1.54, 1.807) is 6.08 Å². The van der Waals surface area contributed by atoms with Crippen LogP contribution in [0, 0.1) is 22.7 Å². The summed E-state index contributed by atoms with van der Waals surface area (Å²) < 4.78 is 2.25. The first kappa shape index (κ1) is 15.7. The second kappa shape index (κ2) is 6.59. The van der Waals surface area contributed by atoms with E-state index in [1.807, 2.05) is 42.5 Å². The summed E-state index contributed by atoms with van der Waals surface area (Å²) in [5.41, 5.74) is 2.45. The molecular weight excluding hydrogens is 318 g/mol. The molecule has 0 aliphatic rings. The zero-order valence-corrected chi connectivity index (χ0v) is 14.1. The number of nitrogens with zero attached hydrogens (tertiary/aromatic N) is 3. The van der Waals surface area contributed by atoms with Gasteiger partial charge in [-0.1, -0.05) is 60.7 Å². The van der Waals surface area contributed by atoms with Crippen LogP contribution in [0.4, 0.5) is 0 Å². The van der Waals surface area contributed by atoms with E-state index in [0.29, 0.717) is 0 Å². The minimum Gasteiger partial charge on any atom is -0.336 e. The minimum absolute atomic E-state index is 0.0975. The molecule has 0 saturated heterocycles. The number of nitriles is 2. The predicted molar refractivity (Wildman–Crippen MR) is 104 cm³/mol. The van der Waals surface area contributed by atoms with Gasteiger partial charge in [-0.3, -0.25) is 0 Å². The van der Waals surface area contributed by atoms with Crippen LogP contribution in [0.1, 0.15) is 5.56 Å². The average molecular weight is 333 g/mol. The van der Waals surface area contributed by atoms with Crippen molar-refractivity contribution in [2.75, 3.05) is 0 Å². The van der Waals surface area contributed by atoms with Crippen molar-refractivity contribution in [2.24, 2.45) is 0 Å². The van der Waals surface area contributed by atoms with Crippen LogP contribution < -0.4 is 5.35 Å². The highest BCUT2D eigenvalue weighted by Crippen LogP contribution is 2.26. The maximum absolute atomic E-state index is 9.04. The Balaban J connectivity index is 2.06. The highest BCUT2D eigenvalue weighted by Gasteiger charge is 2.11. The molecule has 0 atom stereocenters. The summed E-state index contributed by atoms with van der Waals surface area (Å²) in [7, 11) is 0. The fourth-order valence-corrected chi connectivity index (χ4v) is 3.41. The van der Waals surface area contributed by atoms with E-state index >= 15 is 0 Å². The van der Waals surface area contributed by atoms with Gasteiger partial charge in [-0.05, 0) is 29.2 Å². The molecule has 4 aromatic rings. The van der Waals surface area contributed by atoms with Gasteiger partial charge in [0, 0.05) is 22.7 Å². The van der Waals surface area contributed by atoms with Crippen molar-refractivity contribution in [3.63, 3.8) is 0 Å². The van der Waals surface area contributed by atoms with Crippen molar-refractivity contribution in [2.45, 2.75) is 6.54 Å². The molecule has 0 aliphatic carbocycles. The molecule has 0 radical (unpaired) electrons. The van der Waals surface area contributed by atoms with E-state index < -0.39 is 0 Å². The van der Waals surface area contributed by atoms with E-state index in [1.165, 1.54) is 16.3 Å². The fourth-order valence-electron chi connectivity index (χ4n) is 3.41. The lowest BCUT2D eigenvalue weighted by Gasteiger charge is -2.07. The van der Waals surface area contributed by atoms with E-state index in [-0.39, 0.29) is 5.57 Å². The van der Waals surface area contributed by atoms with Crippen LogP contribution in [0.2, 0.25) is 0 Å². The molecule has 0 fully saturated rings. The van der Waals surface area contributed by atoms with Crippen LogP contribution in [0.3, 0.4) is 0 Å². The third-order valence-electron chi connectivity index (χ3n) is 4.57. The van der Waals surface area contributed by atoms with E-state index in [4.69, 9.17) is 10.5 Å². The first-order valence-corrected chi connectivity index (χ1v) is 8.37. The Morgan fingerprint density at radius 3 is 2.35 bits per heavy atom. The van der Waals surface area contributed by atoms with Crippen LogP contribution in [0.25, 0.3) is 27.8 Å². The van der Waals surface area contributed by atoms with E-state index in [9.17, 15) is 0 Å². The lowest BCUT2D eigenvalue weighted by molar-refractivity contribution is 0.814. The second-order valence-corrected chi connectivity index (χ2v) is 6.11. The average Bonchev–Trinajstić information content (AvgIpc) is 2.99. The zero-order valence-electron chi connectivity index (χ0n) is 14.1. The van der Waals surface area contributed by atoms with Crippen molar-refractivity contribution in [1.82, 2.24) is 4.57 Å². The van der Waals surface area contributed by atoms with Crippen molar-refractivity contribution in [3.8, 4) is 12.1 Å². The third kappa shape index (κ3) is 2.62. The number of hydrogen-bond acceptors (Lipinski definition) is 2. The van der Waals surface area contributed by atoms with Crippen molar-refractivity contribution in [1.29, 1.82) is 10.5 Å². The summed E-state index contributed by atoms with van der Waals surface area (Å²) in [5, 5.41) is 22.6. The first-order chi connectivity index (χ1) is 12.8. The highest BCUT2D eigenvalue weighted by molar-refractivity contribution is 6.10. The normalized spacial score (nSPS) is 11.4. The van der Waals surface area contributed by atoms with Crippen molar-refractivity contribution < 1.29 is 0 Å². The Kier molecular flexibility index (Phi) is 3.98. The third-order valence-corrected chi connectivity index (χ3v) is 4.57. The Hall–Kier alpha value is -3.82. The lowest BCUT2D eigenvalue weighted by atomic mass is 10.1. The summed E-state index contributed by atoms with van der Waals surface area (Å²) >= 11 is 0. The molecule has 0 saturated carbocycles. The number of benzene rings is 3. The maximum atomic E-state index is 9.04. The summed E-state index contributed by atoms with van der Waals surface area (Å²) in [6.45, 7) is 0.725. The molecular formula is C23H15N3. The summed E-state index contributed by atoms with van der Waals surface area (Å²) in [6, 6.07) is 26.7. The van der Waals surface area contributed by atoms with Crippen molar-refractivity contribution in [3.05, 3.63) is 89.3 Å². The van der Waals surface area contributed by atoms with Crippen LogP contribution in [0.5, 0.6) is 0 Å². The predicted octanol–water partition coefficient (Wildman–Crippen LogP) is 4.32. The van der Waals surface area contributed by atoms with Gasteiger partial charge in [-0.2, -0.15) is 10.5 Å². The molecule has 0 N–H and O–H groups in total. The smallest absolute Gasteiger partial charge is 0.129 e. The lowest BCUT2D eigenvalue weighted by Crippen LogP contribution is -2.17. The van der Waals surface area contributed by atoms with E-state index in [2.05, 4.69) is 47.0 Å². The van der Waals surface area contributed by atoms with Gasteiger partial charge < -0.3 is 4.57 Å². The van der Waals surface area contributed by atoms with Gasteiger partial charge in [0.1, 0.15) is 17.7 Å².